The maximum atomic E-state index is 10.3. The molecule has 0 radical (unpaired) electrons. The number of fused-ring (bicyclic) bond motifs is 7. The first-order chi connectivity index (χ1) is 31.8. The van der Waals surface area contributed by atoms with Gasteiger partial charge in [-0.1, -0.05) is 133 Å². The Labute approximate surface area is 358 Å². The Kier molecular flexibility index (Phi) is 7.13. The number of nitrogens with zero attached hydrogens (tertiary/aromatic N) is 7. The van der Waals surface area contributed by atoms with Crippen LogP contribution in [0.5, 0.6) is 11.5 Å². The second kappa shape index (κ2) is 13.9. The van der Waals surface area contributed by atoms with Gasteiger partial charge in [0, 0.05) is 41.6 Å². The second-order valence-electron chi connectivity index (χ2n) is 15.2. The van der Waals surface area contributed by atoms with Crippen molar-refractivity contribution in [1.82, 2.24) is 33.5 Å². The average molecular weight is 810 g/mol. The summed E-state index contributed by atoms with van der Waals surface area (Å²) in [6, 6.07) is 62.6. The molecule has 4 aromatic heterocycles. The zero-order valence-electron chi connectivity index (χ0n) is 36.7. The van der Waals surface area contributed by atoms with Gasteiger partial charge in [-0.15, -0.1) is 0 Å². The Morgan fingerprint density at radius 3 is 1.84 bits per heavy atom. The molecule has 0 amide bonds. The van der Waals surface area contributed by atoms with Gasteiger partial charge in [0.15, 0.2) is 8.07 Å². The lowest BCUT2D eigenvalue weighted by Gasteiger charge is -2.43. The van der Waals surface area contributed by atoms with E-state index in [9.17, 15) is 5.48 Å². The molecule has 0 N–H and O–H groups in total. The van der Waals surface area contributed by atoms with Gasteiger partial charge >= 0.3 is 0 Å². The lowest BCUT2D eigenvalue weighted by Crippen LogP contribution is -2.75. The smallest absolute Gasteiger partial charge is 0.220 e. The van der Waals surface area contributed by atoms with E-state index in [4.69, 9.17) is 9.72 Å². The first kappa shape index (κ1) is 31.2. The van der Waals surface area contributed by atoms with Gasteiger partial charge in [-0.3, -0.25) is 18.3 Å². The van der Waals surface area contributed by atoms with Gasteiger partial charge in [0.1, 0.15) is 11.5 Å². The zero-order chi connectivity index (χ0) is 44.0. The third-order valence-electron chi connectivity index (χ3n) is 12.0. The third-order valence-corrected chi connectivity index (χ3v) is 16.7. The van der Waals surface area contributed by atoms with Crippen molar-refractivity contribution < 1.29 is 10.2 Å². The minimum absolute atomic E-state index is 0.329. The van der Waals surface area contributed by atoms with Crippen LogP contribution in [0.25, 0.3) is 33.5 Å². The van der Waals surface area contributed by atoms with Crippen LogP contribution in [-0.2, 0) is 18.4 Å². The highest BCUT2D eigenvalue weighted by Gasteiger charge is 2.49. The standard InChI is InChI=1S/C52H39N7OSi/c1-3-18-39(19-4-1)61(40-20-5-2-6-21-40,41-22-13-17-38(35-41)58-46-27-10-11-28-47(46)59-45-26-9-8-25-44(45)55-51(58)59)49-30-14-24-43-50(49)60-48-29-12-7-23-42(48)52(43,36-56-33-15-31-53-56)37-57-34-16-32-54-57/h1-35H,36-37H2/i36D2,37D2. The Morgan fingerprint density at radius 2 is 1.13 bits per heavy atom. The van der Waals surface area contributed by atoms with Crippen LogP contribution in [0.1, 0.15) is 16.6 Å². The number of hydrogen-bond acceptors (Lipinski definition) is 4. The van der Waals surface area contributed by atoms with Gasteiger partial charge in [0.2, 0.25) is 5.78 Å². The van der Waals surface area contributed by atoms with E-state index < -0.39 is 26.5 Å². The highest BCUT2D eigenvalue weighted by Crippen LogP contribution is 2.50. The molecule has 11 aromatic rings. The summed E-state index contributed by atoms with van der Waals surface area (Å²) in [4.78, 5) is 5.21. The van der Waals surface area contributed by atoms with Crippen molar-refractivity contribution >= 4 is 56.7 Å². The van der Waals surface area contributed by atoms with Crippen molar-refractivity contribution in [3.05, 3.63) is 224 Å². The quantitative estimate of drug-likeness (QED) is 0.110. The molecule has 292 valence electrons. The molecule has 7 aromatic carbocycles. The number of para-hydroxylation sites is 6. The fourth-order valence-electron chi connectivity index (χ4n) is 9.46. The van der Waals surface area contributed by atoms with Crippen LogP contribution in [-0.4, -0.2) is 41.6 Å². The summed E-state index contributed by atoms with van der Waals surface area (Å²) in [5.74, 6) is 1.51. The van der Waals surface area contributed by atoms with E-state index in [0.29, 0.717) is 22.6 Å². The number of rotatable bonds is 9. The SMILES string of the molecule is [2H]C([2H])(n1cccn1)C1(C([2H])([2H])n2cccn2)c2ccccc2Oc2c1cccc2[Si](c1ccccc1)(c1ccccc1)c1cccc(-n2c3ccccc3n3c4ccccc4nc23)c1. The Bertz CT molecular complexity index is 3470. The Hall–Kier alpha value is -7.75. The number of ether oxygens (including phenoxy) is 1. The fraction of sp³-hybridized carbons (Fsp3) is 0.0577. The lowest BCUT2D eigenvalue weighted by molar-refractivity contribution is 0.302. The predicted octanol–water partition coefficient (Wildman–Crippen LogP) is 7.99. The van der Waals surface area contributed by atoms with E-state index in [1.54, 1.807) is 42.7 Å². The normalized spacial score (nSPS) is 14.8. The van der Waals surface area contributed by atoms with E-state index in [1.807, 2.05) is 48.5 Å². The Morgan fingerprint density at radius 1 is 0.541 bits per heavy atom. The van der Waals surface area contributed by atoms with Crippen LogP contribution in [0, 0.1) is 0 Å². The first-order valence-electron chi connectivity index (χ1n) is 22.3. The Balaban J connectivity index is 1.22. The number of benzene rings is 7. The fourth-order valence-corrected chi connectivity index (χ4v) is 14.4. The lowest BCUT2D eigenvalue weighted by atomic mass is 9.72. The van der Waals surface area contributed by atoms with E-state index >= 15 is 0 Å². The zero-order valence-corrected chi connectivity index (χ0v) is 33.7. The van der Waals surface area contributed by atoms with Crippen LogP contribution in [0.4, 0.5) is 0 Å². The molecule has 0 bridgehead atoms. The van der Waals surface area contributed by atoms with Gasteiger partial charge in [-0.2, -0.15) is 10.2 Å². The van der Waals surface area contributed by atoms with Gasteiger partial charge in [0.25, 0.3) is 0 Å². The maximum absolute atomic E-state index is 10.3. The summed E-state index contributed by atoms with van der Waals surface area (Å²) < 4.78 is 55.2. The van der Waals surface area contributed by atoms with Crippen molar-refractivity contribution in [2.45, 2.75) is 18.4 Å². The summed E-state index contributed by atoms with van der Waals surface area (Å²) in [5.41, 5.74) is 3.41. The second-order valence-corrected chi connectivity index (χ2v) is 19.0. The topological polar surface area (TPSA) is 67.1 Å². The summed E-state index contributed by atoms with van der Waals surface area (Å²) in [6.45, 7) is -5.09. The third kappa shape index (κ3) is 5.33. The molecule has 12 rings (SSSR count). The summed E-state index contributed by atoms with van der Waals surface area (Å²) in [5, 5.41) is 12.9. The van der Waals surface area contributed by atoms with Gasteiger partial charge in [0.05, 0.1) is 46.0 Å². The van der Waals surface area contributed by atoms with Gasteiger partial charge in [-0.25, -0.2) is 4.98 Å². The van der Waals surface area contributed by atoms with Crippen molar-refractivity contribution in [2.24, 2.45) is 0 Å². The highest BCUT2D eigenvalue weighted by atomic mass is 28.3. The minimum Gasteiger partial charge on any atom is -0.457 e. The van der Waals surface area contributed by atoms with Gasteiger partial charge < -0.3 is 4.74 Å². The molecular formula is C52H39N7OSi. The van der Waals surface area contributed by atoms with Crippen LogP contribution >= 0.6 is 0 Å². The molecule has 0 saturated carbocycles. The van der Waals surface area contributed by atoms with Crippen LogP contribution < -0.4 is 25.5 Å². The summed E-state index contributed by atoms with van der Waals surface area (Å²) in [6.07, 6.45) is 6.12. The van der Waals surface area contributed by atoms with Crippen molar-refractivity contribution in [3.8, 4) is 17.2 Å². The number of imidazole rings is 2. The molecular weight excluding hydrogens is 767 g/mol. The summed E-state index contributed by atoms with van der Waals surface area (Å²) >= 11 is 0. The largest absolute Gasteiger partial charge is 0.457 e. The molecule has 0 fully saturated rings. The monoisotopic (exact) mass is 809 g/mol. The molecule has 0 spiro atoms. The molecule has 0 atom stereocenters. The number of hydrogen-bond donors (Lipinski definition) is 0. The molecule has 1 aliphatic heterocycles. The van der Waals surface area contributed by atoms with Crippen LogP contribution in [0.15, 0.2) is 213 Å². The van der Waals surface area contributed by atoms with Crippen molar-refractivity contribution in [3.63, 3.8) is 0 Å². The molecule has 9 heteroatoms. The molecule has 0 saturated heterocycles. The van der Waals surface area contributed by atoms with Crippen LogP contribution in [0.3, 0.4) is 0 Å². The van der Waals surface area contributed by atoms with E-state index in [2.05, 4.69) is 128 Å². The molecule has 1 aliphatic rings. The summed E-state index contributed by atoms with van der Waals surface area (Å²) in [7, 11) is -3.58. The maximum Gasteiger partial charge on any atom is 0.220 e. The van der Waals surface area contributed by atoms with E-state index in [-0.39, 0.29) is 0 Å². The van der Waals surface area contributed by atoms with Crippen LogP contribution in [0.2, 0.25) is 0 Å². The minimum atomic E-state index is -3.58. The molecule has 0 aliphatic carbocycles. The number of aromatic nitrogens is 7. The van der Waals surface area contributed by atoms with Crippen molar-refractivity contribution in [2.75, 3.05) is 0 Å². The molecule has 0 unspecified atom stereocenters. The van der Waals surface area contributed by atoms with Crippen molar-refractivity contribution in [1.29, 1.82) is 0 Å². The average Bonchev–Trinajstić information content (AvgIpc) is 4.19. The highest BCUT2D eigenvalue weighted by molar-refractivity contribution is 7.20. The van der Waals surface area contributed by atoms with E-state index in [1.165, 1.54) is 21.8 Å². The first-order valence-corrected chi connectivity index (χ1v) is 22.3. The predicted molar refractivity (Wildman–Crippen MR) is 245 cm³/mol. The van der Waals surface area contributed by atoms with E-state index in [0.717, 1.165) is 54.3 Å². The molecule has 8 nitrogen and oxygen atoms in total. The van der Waals surface area contributed by atoms with Gasteiger partial charge in [-0.05, 0) is 75.3 Å². The molecule has 61 heavy (non-hydrogen) atoms. The molecule has 5 heterocycles.